The van der Waals surface area contributed by atoms with Crippen LogP contribution in [0.25, 0.3) is 123 Å². The molecule has 0 amide bonds. The van der Waals surface area contributed by atoms with E-state index in [1.165, 1.54) is 0 Å². The summed E-state index contributed by atoms with van der Waals surface area (Å²) in [5.74, 6) is 2.32. The van der Waals surface area contributed by atoms with Crippen LogP contribution in [0.1, 0.15) is 0 Å². The molecule has 6 nitrogen and oxygen atoms in total. The predicted molar refractivity (Wildman–Crippen MR) is 264 cm³/mol. The molecular weight excluding hydrogens is 795 g/mol. The van der Waals surface area contributed by atoms with Gasteiger partial charge in [0.05, 0.1) is 11.2 Å². The van der Waals surface area contributed by atoms with Crippen LogP contribution < -0.4 is 0 Å². The fourth-order valence-corrected chi connectivity index (χ4v) is 8.75. The van der Waals surface area contributed by atoms with Crippen LogP contribution in [0.15, 0.2) is 229 Å². The maximum absolute atomic E-state index is 6.57. The summed E-state index contributed by atoms with van der Waals surface area (Å²) >= 11 is 0. The van der Waals surface area contributed by atoms with Crippen molar-refractivity contribution in [3.63, 3.8) is 0 Å². The van der Waals surface area contributed by atoms with Gasteiger partial charge >= 0.3 is 0 Å². The Morgan fingerprint density at radius 3 is 1.34 bits per heavy atom. The van der Waals surface area contributed by atoms with Crippen LogP contribution in [0.2, 0.25) is 0 Å². The highest BCUT2D eigenvalue weighted by molar-refractivity contribution is 6.13. The molecule has 0 aliphatic rings. The number of nitrogens with zero attached hydrogens (tertiary/aromatic N) is 5. The van der Waals surface area contributed by atoms with Crippen LogP contribution in [0.3, 0.4) is 0 Å². The van der Waals surface area contributed by atoms with Crippen LogP contribution >= 0.6 is 0 Å². The molecule has 0 spiro atoms. The quantitative estimate of drug-likeness (QED) is 0.152. The summed E-state index contributed by atoms with van der Waals surface area (Å²) in [5, 5.41) is 2.81. The number of aromatic nitrogens is 5. The molecule has 304 valence electrons. The average molecular weight is 832 g/mol. The Morgan fingerprint density at radius 2 is 0.723 bits per heavy atom. The van der Waals surface area contributed by atoms with E-state index in [1.54, 1.807) is 0 Å². The van der Waals surface area contributed by atoms with Crippen molar-refractivity contribution < 1.29 is 4.42 Å². The zero-order chi connectivity index (χ0) is 43.1. The number of para-hydroxylation sites is 1. The van der Waals surface area contributed by atoms with Gasteiger partial charge in [0, 0.05) is 44.0 Å². The third kappa shape index (κ3) is 7.19. The summed E-state index contributed by atoms with van der Waals surface area (Å²) < 4.78 is 6.57. The van der Waals surface area contributed by atoms with Gasteiger partial charge in [0.25, 0.3) is 0 Å². The first kappa shape index (κ1) is 37.9. The molecule has 12 rings (SSSR count). The van der Waals surface area contributed by atoms with Crippen LogP contribution in [0.5, 0.6) is 0 Å². The summed E-state index contributed by atoms with van der Waals surface area (Å²) in [5.41, 5.74) is 14.4. The molecule has 65 heavy (non-hydrogen) atoms. The topological polar surface area (TPSA) is 77.6 Å². The zero-order valence-corrected chi connectivity index (χ0v) is 35.0. The van der Waals surface area contributed by atoms with Crippen molar-refractivity contribution in [1.82, 2.24) is 24.9 Å². The van der Waals surface area contributed by atoms with Crippen molar-refractivity contribution in [3.8, 4) is 90.2 Å². The highest BCUT2D eigenvalue weighted by atomic mass is 16.3. The molecule has 0 atom stereocenters. The van der Waals surface area contributed by atoms with Crippen molar-refractivity contribution in [2.24, 2.45) is 0 Å². The molecule has 0 saturated heterocycles. The Kier molecular flexibility index (Phi) is 9.38. The van der Waals surface area contributed by atoms with E-state index in [-0.39, 0.29) is 0 Å². The second-order valence-corrected chi connectivity index (χ2v) is 16.1. The minimum Gasteiger partial charge on any atom is -0.456 e. The monoisotopic (exact) mass is 831 g/mol. The summed E-state index contributed by atoms with van der Waals surface area (Å²) in [6, 6.07) is 77.0. The molecule has 12 aromatic rings. The summed E-state index contributed by atoms with van der Waals surface area (Å²) in [7, 11) is 0. The minimum atomic E-state index is 0.543. The molecule has 0 unspecified atom stereocenters. The van der Waals surface area contributed by atoms with Gasteiger partial charge in [-0.15, -0.1) is 0 Å². The predicted octanol–water partition coefficient (Wildman–Crippen LogP) is 15.1. The van der Waals surface area contributed by atoms with Gasteiger partial charge in [-0.2, -0.15) is 0 Å². The molecule has 3 heterocycles. The van der Waals surface area contributed by atoms with Gasteiger partial charge in [0.15, 0.2) is 23.3 Å². The SMILES string of the molecule is c1ccc(-c2cccc(-c3nc(-c4cccc(-c5ccccc5)c4)nc(-c4cccc5oc6ccc(-c7nc(-c8cccc(-c9ccccc9)c8)c8ccccc8n7)cc6c45)n3)c2)cc1. The zero-order valence-electron chi connectivity index (χ0n) is 35.0. The Bertz CT molecular complexity index is 3620. The van der Waals surface area contributed by atoms with E-state index in [0.717, 1.165) is 99.7 Å². The van der Waals surface area contributed by atoms with E-state index in [1.807, 2.05) is 54.6 Å². The van der Waals surface area contributed by atoms with E-state index < -0.39 is 0 Å². The first-order chi connectivity index (χ1) is 32.2. The second kappa shape index (κ2) is 16.1. The molecule has 0 aliphatic carbocycles. The van der Waals surface area contributed by atoms with Gasteiger partial charge in [-0.1, -0.05) is 176 Å². The van der Waals surface area contributed by atoms with Crippen LogP contribution in [0, 0.1) is 0 Å². The molecule has 0 fully saturated rings. The average Bonchev–Trinajstić information content (AvgIpc) is 3.77. The van der Waals surface area contributed by atoms with Crippen LogP contribution in [-0.2, 0) is 0 Å². The molecule has 0 bridgehead atoms. The number of fused-ring (bicyclic) bond motifs is 4. The van der Waals surface area contributed by atoms with Crippen LogP contribution in [-0.4, -0.2) is 24.9 Å². The number of furan rings is 1. The Morgan fingerprint density at radius 1 is 0.262 bits per heavy atom. The lowest BCUT2D eigenvalue weighted by atomic mass is 9.99. The third-order valence-electron chi connectivity index (χ3n) is 11.9. The van der Waals surface area contributed by atoms with E-state index in [2.05, 4.69) is 170 Å². The van der Waals surface area contributed by atoms with Crippen molar-refractivity contribution >= 4 is 32.8 Å². The smallest absolute Gasteiger partial charge is 0.164 e. The van der Waals surface area contributed by atoms with E-state index in [0.29, 0.717) is 23.3 Å². The molecular formula is C59H37N5O. The fraction of sp³-hybridized carbons (Fsp3) is 0. The lowest BCUT2D eigenvalue weighted by Gasteiger charge is -2.12. The largest absolute Gasteiger partial charge is 0.456 e. The van der Waals surface area contributed by atoms with Gasteiger partial charge < -0.3 is 4.42 Å². The van der Waals surface area contributed by atoms with Crippen molar-refractivity contribution in [2.45, 2.75) is 0 Å². The maximum atomic E-state index is 6.57. The number of hydrogen-bond acceptors (Lipinski definition) is 6. The Labute approximate surface area is 375 Å². The van der Waals surface area contributed by atoms with Crippen molar-refractivity contribution in [2.75, 3.05) is 0 Å². The number of rotatable bonds is 8. The molecule has 0 aliphatic heterocycles. The van der Waals surface area contributed by atoms with E-state index >= 15 is 0 Å². The fourth-order valence-electron chi connectivity index (χ4n) is 8.75. The summed E-state index contributed by atoms with van der Waals surface area (Å²) in [4.78, 5) is 26.1. The normalized spacial score (nSPS) is 11.4. The van der Waals surface area contributed by atoms with Gasteiger partial charge in [-0.3, -0.25) is 0 Å². The van der Waals surface area contributed by atoms with Gasteiger partial charge in [0.1, 0.15) is 11.2 Å². The molecule has 3 aromatic heterocycles. The van der Waals surface area contributed by atoms with Gasteiger partial charge in [0.2, 0.25) is 0 Å². The number of hydrogen-bond donors (Lipinski definition) is 0. The first-order valence-electron chi connectivity index (χ1n) is 21.6. The minimum absolute atomic E-state index is 0.543. The van der Waals surface area contributed by atoms with Crippen molar-refractivity contribution in [3.05, 3.63) is 224 Å². The lowest BCUT2D eigenvalue weighted by Crippen LogP contribution is -2.00. The molecule has 9 aromatic carbocycles. The van der Waals surface area contributed by atoms with Crippen LogP contribution in [0.4, 0.5) is 0 Å². The van der Waals surface area contributed by atoms with E-state index in [4.69, 9.17) is 29.3 Å². The highest BCUT2D eigenvalue weighted by Gasteiger charge is 2.20. The molecule has 0 N–H and O–H groups in total. The first-order valence-corrected chi connectivity index (χ1v) is 21.6. The Hall–Kier alpha value is -8.87. The molecule has 6 heteroatoms. The number of benzene rings is 9. The molecule has 0 saturated carbocycles. The summed E-state index contributed by atoms with van der Waals surface area (Å²) in [6.45, 7) is 0. The highest BCUT2D eigenvalue weighted by Crippen LogP contribution is 2.40. The standard InChI is InChI=1S/C59H37N5O/c1-4-16-38(17-5-1)41-22-12-25-44(34-41)55-48-28-10-11-30-51(48)60-56(61-55)47-32-33-52-50(37-47)54-49(29-15-31-53(54)65-52)59-63-57(45-26-13-23-42(35-45)39-18-6-2-7-19-39)62-58(64-59)46-27-14-24-43(36-46)40-20-8-3-9-21-40/h1-37H. The van der Waals surface area contributed by atoms with Crippen molar-refractivity contribution in [1.29, 1.82) is 0 Å². The third-order valence-corrected chi connectivity index (χ3v) is 11.9. The lowest BCUT2D eigenvalue weighted by molar-refractivity contribution is 0.669. The van der Waals surface area contributed by atoms with Gasteiger partial charge in [-0.05, 0) is 81.9 Å². The van der Waals surface area contributed by atoms with E-state index in [9.17, 15) is 0 Å². The maximum Gasteiger partial charge on any atom is 0.164 e. The Balaban J connectivity index is 1.03. The summed E-state index contributed by atoms with van der Waals surface area (Å²) in [6.07, 6.45) is 0. The second-order valence-electron chi connectivity index (χ2n) is 16.1. The van der Waals surface area contributed by atoms with Gasteiger partial charge in [-0.25, -0.2) is 24.9 Å². The molecule has 0 radical (unpaired) electrons.